The minimum Gasteiger partial charge on any atom is -0.259 e. The summed E-state index contributed by atoms with van der Waals surface area (Å²) in [5, 5.41) is 14.4. The lowest BCUT2D eigenvalue weighted by Gasteiger charge is -2.01. The normalized spacial score (nSPS) is 12.3. The molecule has 0 aliphatic carbocycles. The van der Waals surface area contributed by atoms with Gasteiger partial charge in [-0.15, -0.1) is 5.10 Å². The molecule has 0 aliphatic rings. The van der Waals surface area contributed by atoms with Crippen molar-refractivity contribution in [2.75, 3.05) is 0 Å². The molecule has 1 heterocycles. The smallest absolute Gasteiger partial charge is 0.259 e. The lowest BCUT2D eigenvalue weighted by molar-refractivity contribution is -0.384. The van der Waals surface area contributed by atoms with E-state index in [1.807, 2.05) is 0 Å². The van der Waals surface area contributed by atoms with Gasteiger partial charge in [-0.2, -0.15) is 0 Å². The van der Waals surface area contributed by atoms with Gasteiger partial charge < -0.3 is 0 Å². The van der Waals surface area contributed by atoms with E-state index in [1.54, 1.807) is 12.1 Å². The number of rotatable bonds is 5. The molecule has 0 bridgehead atoms. The van der Waals surface area contributed by atoms with E-state index in [1.165, 1.54) is 12.1 Å². The Morgan fingerprint density at radius 3 is 2.84 bits per heavy atom. The molecule has 0 fully saturated rings. The molecule has 0 saturated heterocycles. The van der Waals surface area contributed by atoms with E-state index >= 15 is 0 Å². The second kappa shape index (κ2) is 6.18. The Bertz CT molecular complexity index is 632. The molecule has 100 valence electrons. The maximum Gasteiger partial charge on any atom is 0.269 e. The van der Waals surface area contributed by atoms with E-state index in [4.69, 9.17) is 11.6 Å². The highest BCUT2D eigenvalue weighted by atomic mass is 35.5. The van der Waals surface area contributed by atoms with E-state index in [0.29, 0.717) is 15.6 Å². The molecule has 2 rings (SSSR count). The number of nitrogens with zero attached hydrogens (tertiary/aromatic N) is 3. The van der Waals surface area contributed by atoms with Gasteiger partial charge in [-0.1, -0.05) is 28.2 Å². The number of non-ortho nitro benzene ring substituents is 1. The molecule has 0 spiro atoms. The monoisotopic (exact) mass is 317 g/mol. The van der Waals surface area contributed by atoms with Crippen molar-refractivity contribution in [1.29, 1.82) is 0 Å². The summed E-state index contributed by atoms with van der Waals surface area (Å²) in [5.74, 6) is 0.410. The Labute approximate surface area is 120 Å². The van der Waals surface area contributed by atoms with E-state index in [2.05, 4.69) is 9.59 Å². The van der Waals surface area contributed by atoms with Crippen LogP contribution in [0.4, 0.5) is 5.69 Å². The maximum absolute atomic E-state index is 11.9. The minimum atomic E-state index is -1.24. The fourth-order valence-electron chi connectivity index (χ4n) is 1.43. The molecule has 9 heteroatoms. The van der Waals surface area contributed by atoms with Gasteiger partial charge in [0.05, 0.1) is 10.7 Å². The largest absolute Gasteiger partial charge is 0.269 e. The Balaban J connectivity index is 2.05. The zero-order chi connectivity index (χ0) is 13.8. The first-order chi connectivity index (χ1) is 9.06. The van der Waals surface area contributed by atoms with Crippen LogP contribution in [0.25, 0.3) is 0 Å². The molecule has 6 nitrogen and oxygen atoms in total. The quantitative estimate of drug-likeness (QED) is 0.625. The van der Waals surface area contributed by atoms with Crippen LogP contribution in [0.2, 0.25) is 4.34 Å². The summed E-state index contributed by atoms with van der Waals surface area (Å²) in [5.41, 5.74) is 1.13. The van der Waals surface area contributed by atoms with Crippen LogP contribution >= 0.6 is 23.1 Å². The molecule has 0 radical (unpaired) electrons. The SMILES string of the molecule is O=[N+]([O-])c1cccc(CS(=O)Cc2nnsc2Cl)c1. The van der Waals surface area contributed by atoms with Gasteiger partial charge in [0.2, 0.25) is 0 Å². The summed E-state index contributed by atoms with van der Waals surface area (Å²) in [7, 11) is -1.24. The molecule has 1 atom stereocenters. The van der Waals surface area contributed by atoms with Crippen molar-refractivity contribution in [2.45, 2.75) is 11.5 Å². The highest BCUT2D eigenvalue weighted by Crippen LogP contribution is 2.20. The van der Waals surface area contributed by atoms with Crippen molar-refractivity contribution >= 4 is 39.6 Å². The van der Waals surface area contributed by atoms with Crippen molar-refractivity contribution in [1.82, 2.24) is 9.59 Å². The molecule has 1 aromatic heterocycles. The second-order valence-corrected chi connectivity index (χ2v) is 6.46. The van der Waals surface area contributed by atoms with Crippen LogP contribution in [-0.2, 0) is 22.3 Å². The van der Waals surface area contributed by atoms with Gasteiger partial charge in [-0.25, -0.2) is 0 Å². The Hall–Kier alpha value is -1.38. The molecular formula is C10H8ClN3O3S2. The van der Waals surface area contributed by atoms with E-state index < -0.39 is 15.7 Å². The average Bonchev–Trinajstić information content (AvgIpc) is 2.75. The second-order valence-electron chi connectivity index (χ2n) is 3.65. The molecule has 0 aliphatic heterocycles. The fraction of sp³-hybridized carbons (Fsp3) is 0.200. The highest BCUT2D eigenvalue weighted by Gasteiger charge is 2.12. The third-order valence-corrected chi connectivity index (χ3v) is 4.49. The van der Waals surface area contributed by atoms with E-state index in [-0.39, 0.29) is 17.2 Å². The maximum atomic E-state index is 11.9. The topological polar surface area (TPSA) is 86.0 Å². The van der Waals surface area contributed by atoms with Crippen molar-refractivity contribution in [2.24, 2.45) is 0 Å². The van der Waals surface area contributed by atoms with Gasteiger partial charge in [0, 0.05) is 40.2 Å². The molecule has 0 amide bonds. The van der Waals surface area contributed by atoms with Gasteiger partial charge >= 0.3 is 0 Å². The standard InChI is InChI=1S/C10H8ClN3O3S2/c11-10-9(12-13-18-10)6-19(17)5-7-2-1-3-8(4-7)14(15)16/h1-4H,5-6H2. The van der Waals surface area contributed by atoms with Crippen LogP contribution < -0.4 is 0 Å². The third-order valence-electron chi connectivity index (χ3n) is 2.26. The van der Waals surface area contributed by atoms with Crippen LogP contribution in [0, 0.1) is 10.1 Å². The number of benzene rings is 1. The molecule has 1 aromatic carbocycles. The van der Waals surface area contributed by atoms with Gasteiger partial charge in [-0.05, 0) is 5.56 Å². The zero-order valence-electron chi connectivity index (χ0n) is 9.48. The summed E-state index contributed by atoms with van der Waals surface area (Å²) in [4.78, 5) is 10.2. The van der Waals surface area contributed by atoms with Gasteiger partial charge in [-0.3, -0.25) is 14.3 Å². The van der Waals surface area contributed by atoms with Crippen molar-refractivity contribution in [3.8, 4) is 0 Å². The van der Waals surface area contributed by atoms with Crippen LogP contribution in [0.3, 0.4) is 0 Å². The minimum absolute atomic E-state index is 0.0112. The van der Waals surface area contributed by atoms with Gasteiger partial charge in [0.15, 0.2) is 0 Å². The summed E-state index contributed by atoms with van der Waals surface area (Å²) in [6.45, 7) is 0. The predicted octanol–water partition coefficient (Wildman–Crippen LogP) is 2.55. The zero-order valence-corrected chi connectivity index (χ0v) is 11.9. The lowest BCUT2D eigenvalue weighted by atomic mass is 10.2. The Kier molecular flexibility index (Phi) is 4.56. The number of hydrogen-bond donors (Lipinski definition) is 0. The van der Waals surface area contributed by atoms with Gasteiger partial charge in [0.25, 0.3) is 5.69 Å². The lowest BCUT2D eigenvalue weighted by Crippen LogP contribution is -2.01. The van der Waals surface area contributed by atoms with Crippen molar-refractivity contribution < 1.29 is 9.13 Å². The molecular weight excluding hydrogens is 310 g/mol. The van der Waals surface area contributed by atoms with Crippen molar-refractivity contribution in [3.05, 3.63) is 50.0 Å². The number of nitro benzene ring substituents is 1. The van der Waals surface area contributed by atoms with Gasteiger partial charge in [0.1, 0.15) is 10.0 Å². The Morgan fingerprint density at radius 2 is 2.21 bits per heavy atom. The summed E-state index contributed by atoms with van der Waals surface area (Å²) in [6.07, 6.45) is 0. The van der Waals surface area contributed by atoms with Crippen LogP contribution in [0.1, 0.15) is 11.3 Å². The summed E-state index contributed by atoms with van der Waals surface area (Å²) in [6, 6.07) is 6.08. The number of nitro groups is 1. The molecule has 19 heavy (non-hydrogen) atoms. The molecule has 0 N–H and O–H groups in total. The first-order valence-corrected chi connectivity index (χ1v) is 7.75. The molecule has 2 aromatic rings. The molecule has 0 saturated carbocycles. The van der Waals surface area contributed by atoms with Crippen LogP contribution in [-0.4, -0.2) is 18.7 Å². The molecule has 1 unspecified atom stereocenters. The highest BCUT2D eigenvalue weighted by molar-refractivity contribution is 7.83. The fourth-order valence-corrected chi connectivity index (χ4v) is 3.39. The number of hydrogen-bond acceptors (Lipinski definition) is 6. The average molecular weight is 318 g/mol. The van der Waals surface area contributed by atoms with E-state index in [9.17, 15) is 14.3 Å². The van der Waals surface area contributed by atoms with Crippen molar-refractivity contribution in [3.63, 3.8) is 0 Å². The third kappa shape index (κ3) is 3.79. The first-order valence-electron chi connectivity index (χ1n) is 5.11. The number of aromatic nitrogens is 2. The van der Waals surface area contributed by atoms with E-state index in [0.717, 1.165) is 11.5 Å². The predicted molar refractivity (Wildman–Crippen MR) is 73.6 cm³/mol. The first kappa shape index (κ1) is 14.0. The van der Waals surface area contributed by atoms with Crippen LogP contribution in [0.15, 0.2) is 24.3 Å². The number of halogens is 1. The Morgan fingerprint density at radius 1 is 1.42 bits per heavy atom. The van der Waals surface area contributed by atoms with Crippen LogP contribution in [0.5, 0.6) is 0 Å². The summed E-state index contributed by atoms with van der Waals surface area (Å²) >= 11 is 6.86. The summed E-state index contributed by atoms with van der Waals surface area (Å²) < 4.78 is 16.0.